The van der Waals surface area contributed by atoms with Gasteiger partial charge in [0.25, 0.3) is 0 Å². The van der Waals surface area contributed by atoms with Crippen LogP contribution in [0.5, 0.6) is 0 Å². The molecule has 5 heteroatoms. The van der Waals surface area contributed by atoms with Crippen LogP contribution >= 0.6 is 11.3 Å². The van der Waals surface area contributed by atoms with E-state index in [1.807, 2.05) is 6.92 Å². The molecule has 0 aliphatic rings. The number of nitrogens with zero attached hydrogens (tertiary/aromatic N) is 2. The van der Waals surface area contributed by atoms with Crippen LogP contribution in [-0.4, -0.2) is 27.4 Å². The lowest BCUT2D eigenvalue weighted by Crippen LogP contribution is -2.29. The minimum absolute atomic E-state index is 0.488. The maximum Gasteiger partial charge on any atom is 0.205 e. The summed E-state index contributed by atoms with van der Waals surface area (Å²) in [6.07, 6.45) is 0. The molecule has 0 aliphatic heterocycles. The second kappa shape index (κ2) is 3.37. The number of nitrogens with one attached hydrogen (secondary N) is 1. The van der Waals surface area contributed by atoms with E-state index >= 15 is 0 Å². The number of aromatic nitrogens is 2. The van der Waals surface area contributed by atoms with E-state index in [0.29, 0.717) is 6.54 Å². The summed E-state index contributed by atoms with van der Waals surface area (Å²) in [4.78, 5) is 0. The third-order valence-electron chi connectivity index (χ3n) is 1.20. The van der Waals surface area contributed by atoms with E-state index in [4.69, 9.17) is 0 Å². The SMILES string of the molecule is Cc1nnc(NCC(C)(C)O)s1. The smallest absolute Gasteiger partial charge is 0.205 e. The second-order valence-electron chi connectivity index (χ2n) is 3.29. The molecule has 4 nitrogen and oxygen atoms in total. The van der Waals surface area contributed by atoms with Crippen molar-refractivity contribution in [1.29, 1.82) is 0 Å². The van der Waals surface area contributed by atoms with Gasteiger partial charge in [0.15, 0.2) is 0 Å². The van der Waals surface area contributed by atoms with E-state index in [1.54, 1.807) is 13.8 Å². The summed E-state index contributed by atoms with van der Waals surface area (Å²) in [5.74, 6) is 0. The number of hydrogen-bond donors (Lipinski definition) is 2. The van der Waals surface area contributed by atoms with E-state index < -0.39 is 5.60 Å². The molecule has 0 bridgehead atoms. The molecule has 1 aromatic heterocycles. The predicted octanol–water partition coefficient (Wildman–Crippen LogP) is 1.03. The van der Waals surface area contributed by atoms with E-state index in [2.05, 4.69) is 15.5 Å². The molecule has 1 heterocycles. The maximum atomic E-state index is 9.38. The van der Waals surface area contributed by atoms with E-state index in [1.165, 1.54) is 11.3 Å². The Bertz CT molecular complexity index is 253. The molecule has 0 amide bonds. The zero-order chi connectivity index (χ0) is 9.19. The van der Waals surface area contributed by atoms with Gasteiger partial charge in [-0.25, -0.2) is 0 Å². The van der Waals surface area contributed by atoms with Gasteiger partial charge >= 0.3 is 0 Å². The fourth-order valence-corrected chi connectivity index (χ4v) is 1.25. The number of anilines is 1. The summed E-state index contributed by atoms with van der Waals surface area (Å²) in [5.41, 5.74) is -0.709. The van der Waals surface area contributed by atoms with Gasteiger partial charge in [0.2, 0.25) is 5.13 Å². The molecule has 0 radical (unpaired) electrons. The molecular weight excluding hydrogens is 174 g/mol. The molecule has 0 fully saturated rings. The lowest BCUT2D eigenvalue weighted by atomic mass is 10.1. The quantitative estimate of drug-likeness (QED) is 0.742. The molecule has 0 saturated carbocycles. The van der Waals surface area contributed by atoms with Gasteiger partial charge in [0.1, 0.15) is 5.01 Å². The molecule has 68 valence electrons. The molecule has 12 heavy (non-hydrogen) atoms. The molecule has 0 saturated heterocycles. The van der Waals surface area contributed by atoms with Gasteiger partial charge in [0, 0.05) is 6.54 Å². The van der Waals surface area contributed by atoms with Crippen molar-refractivity contribution in [3.05, 3.63) is 5.01 Å². The van der Waals surface area contributed by atoms with Gasteiger partial charge < -0.3 is 10.4 Å². The highest BCUT2D eigenvalue weighted by molar-refractivity contribution is 7.15. The molecular formula is C7H13N3OS. The van der Waals surface area contributed by atoms with Crippen molar-refractivity contribution in [3.8, 4) is 0 Å². The van der Waals surface area contributed by atoms with Crippen molar-refractivity contribution in [2.75, 3.05) is 11.9 Å². The van der Waals surface area contributed by atoms with E-state index in [-0.39, 0.29) is 0 Å². The molecule has 0 spiro atoms. The highest BCUT2D eigenvalue weighted by Gasteiger charge is 2.12. The fourth-order valence-electron chi connectivity index (χ4n) is 0.660. The molecule has 2 N–H and O–H groups in total. The van der Waals surface area contributed by atoms with Crippen LogP contribution in [0.1, 0.15) is 18.9 Å². The summed E-state index contributed by atoms with van der Waals surface area (Å²) < 4.78 is 0. The van der Waals surface area contributed by atoms with Crippen LogP contribution in [0.25, 0.3) is 0 Å². The first-order chi connectivity index (χ1) is 5.47. The van der Waals surface area contributed by atoms with Gasteiger partial charge in [-0.3, -0.25) is 0 Å². The Balaban J connectivity index is 2.44. The largest absolute Gasteiger partial charge is 0.389 e. The minimum atomic E-state index is -0.709. The predicted molar refractivity (Wildman–Crippen MR) is 49.4 cm³/mol. The summed E-state index contributed by atoms with van der Waals surface area (Å²) in [7, 11) is 0. The van der Waals surface area contributed by atoms with Crippen molar-refractivity contribution in [3.63, 3.8) is 0 Å². The Morgan fingerprint density at radius 3 is 2.58 bits per heavy atom. The zero-order valence-corrected chi connectivity index (χ0v) is 8.27. The van der Waals surface area contributed by atoms with Gasteiger partial charge in [-0.15, -0.1) is 10.2 Å². The molecule has 0 aliphatic carbocycles. The number of aliphatic hydroxyl groups is 1. The van der Waals surface area contributed by atoms with Crippen molar-refractivity contribution < 1.29 is 5.11 Å². The highest BCUT2D eigenvalue weighted by Crippen LogP contribution is 2.14. The monoisotopic (exact) mass is 187 g/mol. The second-order valence-corrected chi connectivity index (χ2v) is 4.47. The fraction of sp³-hybridized carbons (Fsp3) is 0.714. The zero-order valence-electron chi connectivity index (χ0n) is 7.46. The Labute approximate surface area is 75.6 Å². The van der Waals surface area contributed by atoms with Crippen LogP contribution in [0.3, 0.4) is 0 Å². The average Bonchev–Trinajstić information content (AvgIpc) is 2.30. The van der Waals surface area contributed by atoms with Crippen LogP contribution in [-0.2, 0) is 0 Å². The molecule has 1 rings (SSSR count). The standard InChI is InChI=1S/C7H13N3OS/c1-5-9-10-6(12-5)8-4-7(2,3)11/h11H,4H2,1-3H3,(H,8,10). The maximum absolute atomic E-state index is 9.38. The molecule has 0 atom stereocenters. The minimum Gasteiger partial charge on any atom is -0.389 e. The number of hydrogen-bond acceptors (Lipinski definition) is 5. The summed E-state index contributed by atoms with van der Waals surface area (Å²) in [5, 5.41) is 21.8. The van der Waals surface area contributed by atoms with Crippen LogP contribution in [0.2, 0.25) is 0 Å². The highest BCUT2D eigenvalue weighted by atomic mass is 32.1. The Hall–Kier alpha value is -0.680. The Kier molecular flexibility index (Phi) is 2.64. The Morgan fingerprint density at radius 1 is 1.50 bits per heavy atom. The van der Waals surface area contributed by atoms with Crippen molar-refractivity contribution >= 4 is 16.5 Å². The van der Waals surface area contributed by atoms with Gasteiger partial charge in [0.05, 0.1) is 5.60 Å². The van der Waals surface area contributed by atoms with Crippen LogP contribution in [0.15, 0.2) is 0 Å². The van der Waals surface area contributed by atoms with Crippen LogP contribution in [0.4, 0.5) is 5.13 Å². The first-order valence-corrected chi connectivity index (χ1v) is 4.55. The lowest BCUT2D eigenvalue weighted by Gasteiger charge is -2.16. The van der Waals surface area contributed by atoms with Crippen molar-refractivity contribution in [2.45, 2.75) is 26.4 Å². The normalized spacial score (nSPS) is 11.7. The third kappa shape index (κ3) is 3.15. The number of rotatable bonds is 3. The lowest BCUT2D eigenvalue weighted by molar-refractivity contribution is 0.0945. The molecule has 0 aromatic carbocycles. The first kappa shape index (κ1) is 9.41. The summed E-state index contributed by atoms with van der Waals surface area (Å²) in [6.45, 7) is 5.87. The molecule has 0 unspecified atom stereocenters. The van der Waals surface area contributed by atoms with E-state index in [9.17, 15) is 5.11 Å². The summed E-state index contributed by atoms with van der Waals surface area (Å²) >= 11 is 1.48. The van der Waals surface area contributed by atoms with Crippen LogP contribution in [0, 0.1) is 6.92 Å². The van der Waals surface area contributed by atoms with Crippen LogP contribution < -0.4 is 5.32 Å². The van der Waals surface area contributed by atoms with Gasteiger partial charge in [-0.1, -0.05) is 11.3 Å². The molecule has 1 aromatic rings. The average molecular weight is 187 g/mol. The number of aryl methyl sites for hydroxylation is 1. The van der Waals surface area contributed by atoms with Crippen molar-refractivity contribution in [1.82, 2.24) is 10.2 Å². The van der Waals surface area contributed by atoms with E-state index in [0.717, 1.165) is 10.1 Å². The first-order valence-electron chi connectivity index (χ1n) is 3.74. The van der Waals surface area contributed by atoms with Gasteiger partial charge in [-0.2, -0.15) is 0 Å². The summed E-state index contributed by atoms with van der Waals surface area (Å²) in [6, 6.07) is 0. The third-order valence-corrected chi connectivity index (χ3v) is 1.99. The van der Waals surface area contributed by atoms with Gasteiger partial charge in [-0.05, 0) is 20.8 Å². The topological polar surface area (TPSA) is 58.0 Å². The Morgan fingerprint density at radius 2 is 2.17 bits per heavy atom. The van der Waals surface area contributed by atoms with Crippen molar-refractivity contribution in [2.24, 2.45) is 0 Å².